The average molecular weight is 290 g/mol. The summed E-state index contributed by atoms with van der Waals surface area (Å²) >= 11 is 0. The number of nitrogens with zero attached hydrogens (tertiary/aromatic N) is 1. The van der Waals surface area contributed by atoms with E-state index in [-0.39, 0.29) is 5.54 Å². The van der Waals surface area contributed by atoms with Crippen LogP contribution in [0.1, 0.15) is 65.4 Å². The van der Waals surface area contributed by atoms with Crippen LogP contribution in [0.4, 0.5) is 0 Å². The standard InChI is InChI=1S/C19H34N2/c1-5-12-18(21(15-6-2)16-7-3)19(20,8-4)17-13-10-9-11-14-17/h9-11,13-14,18H,5-8,12,15-16,20H2,1-4H3. The van der Waals surface area contributed by atoms with Crippen molar-refractivity contribution in [1.29, 1.82) is 0 Å². The molecule has 2 N–H and O–H groups in total. The number of hydrogen-bond acceptors (Lipinski definition) is 2. The molecule has 2 heteroatoms. The second-order valence-electron chi connectivity index (χ2n) is 6.10. The lowest BCUT2D eigenvalue weighted by atomic mass is 9.78. The second-order valence-corrected chi connectivity index (χ2v) is 6.10. The molecule has 0 radical (unpaired) electrons. The molecule has 0 heterocycles. The first-order valence-corrected chi connectivity index (χ1v) is 8.72. The molecule has 2 unspecified atom stereocenters. The molecule has 21 heavy (non-hydrogen) atoms. The molecular weight excluding hydrogens is 256 g/mol. The van der Waals surface area contributed by atoms with E-state index in [1.54, 1.807) is 0 Å². The smallest absolute Gasteiger partial charge is 0.0564 e. The Bertz CT molecular complexity index is 370. The van der Waals surface area contributed by atoms with Crippen molar-refractivity contribution in [3.05, 3.63) is 35.9 Å². The first-order chi connectivity index (χ1) is 10.1. The number of benzene rings is 1. The Morgan fingerprint density at radius 2 is 1.52 bits per heavy atom. The molecule has 0 amide bonds. The fourth-order valence-electron chi connectivity index (χ4n) is 3.42. The second kappa shape index (κ2) is 9.22. The summed E-state index contributed by atoms with van der Waals surface area (Å²) in [4.78, 5) is 2.62. The van der Waals surface area contributed by atoms with E-state index in [1.807, 2.05) is 0 Å². The van der Waals surface area contributed by atoms with Gasteiger partial charge in [0.25, 0.3) is 0 Å². The van der Waals surface area contributed by atoms with Gasteiger partial charge in [0.1, 0.15) is 0 Å². The highest BCUT2D eigenvalue weighted by atomic mass is 15.2. The largest absolute Gasteiger partial charge is 0.320 e. The molecule has 120 valence electrons. The van der Waals surface area contributed by atoms with Gasteiger partial charge in [-0.15, -0.1) is 0 Å². The predicted molar refractivity (Wildman–Crippen MR) is 93.4 cm³/mol. The first kappa shape index (κ1) is 18.2. The van der Waals surface area contributed by atoms with Gasteiger partial charge in [0.15, 0.2) is 0 Å². The van der Waals surface area contributed by atoms with Gasteiger partial charge in [-0.2, -0.15) is 0 Å². The van der Waals surface area contributed by atoms with Gasteiger partial charge < -0.3 is 5.73 Å². The van der Waals surface area contributed by atoms with Crippen LogP contribution in [0, 0.1) is 0 Å². The third-order valence-electron chi connectivity index (χ3n) is 4.52. The van der Waals surface area contributed by atoms with Crippen LogP contribution in [0.5, 0.6) is 0 Å². The van der Waals surface area contributed by atoms with Gasteiger partial charge in [-0.05, 0) is 44.3 Å². The predicted octanol–water partition coefficient (Wildman–Crippen LogP) is 4.54. The zero-order valence-corrected chi connectivity index (χ0v) is 14.4. The highest BCUT2D eigenvalue weighted by Gasteiger charge is 2.37. The molecule has 0 saturated heterocycles. The molecule has 1 rings (SSSR count). The maximum Gasteiger partial charge on any atom is 0.0564 e. The van der Waals surface area contributed by atoms with Crippen LogP contribution in [0.15, 0.2) is 30.3 Å². The van der Waals surface area contributed by atoms with Gasteiger partial charge in [0, 0.05) is 6.04 Å². The molecule has 0 aliphatic heterocycles. The molecule has 0 saturated carbocycles. The SMILES string of the molecule is CCCC(N(CCC)CCC)C(N)(CC)c1ccccc1. The van der Waals surface area contributed by atoms with E-state index in [4.69, 9.17) is 5.73 Å². The van der Waals surface area contributed by atoms with Crippen molar-refractivity contribution in [2.45, 2.75) is 71.4 Å². The summed E-state index contributed by atoms with van der Waals surface area (Å²) in [5, 5.41) is 0. The summed E-state index contributed by atoms with van der Waals surface area (Å²) in [7, 11) is 0. The van der Waals surface area contributed by atoms with Crippen molar-refractivity contribution in [3.63, 3.8) is 0 Å². The van der Waals surface area contributed by atoms with Crippen LogP contribution in [-0.4, -0.2) is 24.0 Å². The van der Waals surface area contributed by atoms with Crippen molar-refractivity contribution in [2.75, 3.05) is 13.1 Å². The summed E-state index contributed by atoms with van der Waals surface area (Å²) in [6, 6.07) is 11.1. The van der Waals surface area contributed by atoms with Gasteiger partial charge in [-0.25, -0.2) is 0 Å². The van der Waals surface area contributed by atoms with E-state index in [0.29, 0.717) is 6.04 Å². The van der Waals surface area contributed by atoms with Gasteiger partial charge in [0.2, 0.25) is 0 Å². The molecule has 0 spiro atoms. The lowest BCUT2D eigenvalue weighted by molar-refractivity contribution is 0.104. The quantitative estimate of drug-likeness (QED) is 0.685. The van der Waals surface area contributed by atoms with Gasteiger partial charge in [0.05, 0.1) is 5.54 Å². The summed E-state index contributed by atoms with van der Waals surface area (Å²) in [5.74, 6) is 0. The van der Waals surface area contributed by atoms with Crippen LogP contribution >= 0.6 is 0 Å². The van der Waals surface area contributed by atoms with E-state index < -0.39 is 0 Å². The minimum atomic E-state index is -0.248. The topological polar surface area (TPSA) is 29.3 Å². The van der Waals surface area contributed by atoms with Gasteiger partial charge in [-0.3, -0.25) is 4.90 Å². The minimum absolute atomic E-state index is 0.248. The normalized spacial score (nSPS) is 15.9. The molecule has 0 aromatic heterocycles. The summed E-state index contributed by atoms with van der Waals surface area (Å²) < 4.78 is 0. The molecule has 1 aromatic carbocycles. The Labute approximate surface area is 131 Å². The van der Waals surface area contributed by atoms with Crippen LogP contribution < -0.4 is 5.73 Å². The fourth-order valence-corrected chi connectivity index (χ4v) is 3.42. The van der Waals surface area contributed by atoms with Gasteiger partial charge >= 0.3 is 0 Å². The minimum Gasteiger partial charge on any atom is -0.320 e. The van der Waals surface area contributed by atoms with E-state index in [9.17, 15) is 0 Å². The molecule has 1 aromatic rings. The molecule has 0 aliphatic carbocycles. The maximum atomic E-state index is 6.97. The van der Waals surface area contributed by atoms with Crippen LogP contribution in [0.2, 0.25) is 0 Å². The molecular formula is C19H34N2. The van der Waals surface area contributed by atoms with E-state index in [1.165, 1.54) is 31.2 Å². The monoisotopic (exact) mass is 290 g/mol. The lowest BCUT2D eigenvalue weighted by Gasteiger charge is -2.44. The number of rotatable bonds is 10. The third kappa shape index (κ3) is 4.55. The Morgan fingerprint density at radius 1 is 0.952 bits per heavy atom. The van der Waals surface area contributed by atoms with Crippen LogP contribution in [-0.2, 0) is 5.54 Å². The Balaban J connectivity index is 3.14. The highest BCUT2D eigenvalue weighted by molar-refractivity contribution is 5.26. The summed E-state index contributed by atoms with van der Waals surface area (Å²) in [6.45, 7) is 11.3. The van der Waals surface area contributed by atoms with Crippen molar-refractivity contribution < 1.29 is 0 Å². The van der Waals surface area contributed by atoms with Crippen molar-refractivity contribution in [3.8, 4) is 0 Å². The Hall–Kier alpha value is -0.860. The van der Waals surface area contributed by atoms with E-state index in [0.717, 1.165) is 19.5 Å². The molecule has 0 bridgehead atoms. The average Bonchev–Trinajstić information content (AvgIpc) is 2.52. The van der Waals surface area contributed by atoms with Crippen LogP contribution in [0.3, 0.4) is 0 Å². The van der Waals surface area contributed by atoms with Crippen molar-refractivity contribution in [2.24, 2.45) is 5.73 Å². The van der Waals surface area contributed by atoms with Crippen LogP contribution in [0.25, 0.3) is 0 Å². The van der Waals surface area contributed by atoms with Crippen molar-refractivity contribution in [1.82, 2.24) is 4.90 Å². The highest BCUT2D eigenvalue weighted by Crippen LogP contribution is 2.32. The zero-order chi connectivity index (χ0) is 15.7. The molecule has 0 aliphatic rings. The summed E-state index contributed by atoms with van der Waals surface area (Å²) in [6.07, 6.45) is 5.70. The van der Waals surface area contributed by atoms with Crippen molar-refractivity contribution >= 4 is 0 Å². The molecule has 2 nitrogen and oxygen atoms in total. The lowest BCUT2D eigenvalue weighted by Crippen LogP contribution is -2.56. The molecule has 0 fully saturated rings. The number of hydrogen-bond donors (Lipinski definition) is 1. The molecule has 2 atom stereocenters. The van der Waals surface area contributed by atoms with E-state index in [2.05, 4.69) is 62.9 Å². The number of nitrogens with two attached hydrogens (primary N) is 1. The Kier molecular flexibility index (Phi) is 7.98. The third-order valence-corrected chi connectivity index (χ3v) is 4.52. The maximum absolute atomic E-state index is 6.97. The fraction of sp³-hybridized carbons (Fsp3) is 0.684. The Morgan fingerprint density at radius 3 is 1.95 bits per heavy atom. The first-order valence-electron chi connectivity index (χ1n) is 8.72. The van der Waals surface area contributed by atoms with E-state index >= 15 is 0 Å². The van der Waals surface area contributed by atoms with Gasteiger partial charge in [-0.1, -0.05) is 64.4 Å². The zero-order valence-electron chi connectivity index (χ0n) is 14.4. The summed E-state index contributed by atoms with van der Waals surface area (Å²) in [5.41, 5.74) is 8.00.